The number of hydrogen-bond donors (Lipinski definition) is 3. The first-order valence-corrected chi connectivity index (χ1v) is 12.3. The normalized spacial score (nSPS) is 18.2. The van der Waals surface area contributed by atoms with E-state index in [1.54, 1.807) is 0 Å². The molecule has 2 aliphatic heterocycles. The molecule has 0 aromatic heterocycles. The maximum Gasteiger partial charge on any atom is 0.430 e. The highest BCUT2D eigenvalue weighted by Crippen LogP contribution is 2.50. The summed E-state index contributed by atoms with van der Waals surface area (Å²) in [6, 6.07) is 11.2. The van der Waals surface area contributed by atoms with Crippen molar-refractivity contribution in [2.45, 2.75) is 49.8 Å². The van der Waals surface area contributed by atoms with Gasteiger partial charge in [-0.2, -0.15) is 26.3 Å². The van der Waals surface area contributed by atoms with E-state index in [9.17, 15) is 36.2 Å². The predicted octanol–water partition coefficient (Wildman–Crippen LogP) is 4.97. The fraction of sp³-hybridized carbons (Fsp3) is 0.500. The standard InChI is InChI=1S/C26H29F6N3O3/c27-25(28,29)24(37,26(30,31)32)20-5-1-19(2-6-20)14-35-11-9-18(10-12-35)13-17-3-7-21(8-4-17)33-23(36)34-22-15-38-16-22/h1-8,18,22,37H,9-16H2,(H2,33,34,36). The van der Waals surface area contributed by atoms with Crippen molar-refractivity contribution in [1.29, 1.82) is 0 Å². The Morgan fingerprint density at radius 3 is 1.95 bits per heavy atom. The van der Waals surface area contributed by atoms with Gasteiger partial charge >= 0.3 is 18.4 Å². The van der Waals surface area contributed by atoms with E-state index >= 15 is 0 Å². The van der Waals surface area contributed by atoms with Crippen molar-refractivity contribution in [1.82, 2.24) is 10.2 Å². The van der Waals surface area contributed by atoms with Crippen molar-refractivity contribution in [3.8, 4) is 0 Å². The SMILES string of the molecule is O=C(Nc1ccc(CC2CCN(Cc3ccc(C(O)(C(F)(F)F)C(F)(F)F)cc3)CC2)cc1)NC1COC1. The molecule has 208 valence electrons. The van der Waals surface area contributed by atoms with Gasteiger partial charge < -0.3 is 20.5 Å². The van der Waals surface area contributed by atoms with Crippen molar-refractivity contribution in [2.75, 3.05) is 31.6 Å². The molecule has 2 aliphatic rings. The number of carbonyl (C=O) groups excluding carboxylic acids is 1. The highest BCUT2D eigenvalue weighted by molar-refractivity contribution is 5.89. The number of rotatable bonds is 7. The van der Waals surface area contributed by atoms with E-state index in [0.29, 0.717) is 49.1 Å². The molecule has 2 aromatic carbocycles. The molecule has 0 radical (unpaired) electrons. The van der Waals surface area contributed by atoms with Gasteiger partial charge in [-0.05, 0) is 61.5 Å². The van der Waals surface area contributed by atoms with Crippen molar-refractivity contribution in [3.05, 3.63) is 65.2 Å². The number of nitrogens with one attached hydrogen (secondary N) is 2. The van der Waals surface area contributed by atoms with Crippen molar-refractivity contribution >= 4 is 11.7 Å². The summed E-state index contributed by atoms with van der Waals surface area (Å²) in [5.41, 5.74) is -3.77. The molecule has 6 nitrogen and oxygen atoms in total. The van der Waals surface area contributed by atoms with Gasteiger partial charge in [0.05, 0.1) is 19.3 Å². The molecule has 0 saturated carbocycles. The number of alkyl halides is 6. The molecule has 0 atom stereocenters. The van der Waals surface area contributed by atoms with Gasteiger partial charge in [0.2, 0.25) is 0 Å². The molecule has 2 amide bonds. The molecule has 2 saturated heterocycles. The lowest BCUT2D eigenvalue weighted by Gasteiger charge is -2.33. The van der Waals surface area contributed by atoms with E-state index in [-0.39, 0.29) is 12.1 Å². The number of piperidine rings is 1. The van der Waals surface area contributed by atoms with Crippen LogP contribution in [0.4, 0.5) is 36.8 Å². The van der Waals surface area contributed by atoms with Gasteiger partial charge in [0.25, 0.3) is 5.60 Å². The third-order valence-electron chi connectivity index (χ3n) is 7.02. The summed E-state index contributed by atoms with van der Waals surface area (Å²) < 4.78 is 83.5. The summed E-state index contributed by atoms with van der Waals surface area (Å²) in [4.78, 5) is 14.0. The summed E-state index contributed by atoms with van der Waals surface area (Å²) in [7, 11) is 0. The number of benzene rings is 2. The van der Waals surface area contributed by atoms with Gasteiger partial charge in [-0.1, -0.05) is 36.4 Å². The third kappa shape index (κ3) is 6.41. The molecule has 0 aliphatic carbocycles. The molecular weight excluding hydrogens is 516 g/mol. The minimum atomic E-state index is -5.90. The van der Waals surface area contributed by atoms with Gasteiger partial charge in [-0.15, -0.1) is 0 Å². The van der Waals surface area contributed by atoms with E-state index in [0.717, 1.165) is 37.9 Å². The summed E-state index contributed by atoms with van der Waals surface area (Å²) in [6.07, 6.45) is -9.14. The van der Waals surface area contributed by atoms with Crippen molar-refractivity contribution in [2.24, 2.45) is 5.92 Å². The van der Waals surface area contributed by atoms with Crippen LogP contribution in [0.25, 0.3) is 0 Å². The fourth-order valence-corrected chi connectivity index (χ4v) is 4.68. The predicted molar refractivity (Wildman–Crippen MR) is 127 cm³/mol. The van der Waals surface area contributed by atoms with E-state index in [1.165, 1.54) is 12.1 Å². The van der Waals surface area contributed by atoms with Crippen LogP contribution in [0, 0.1) is 5.92 Å². The Balaban J connectivity index is 1.25. The molecule has 0 bridgehead atoms. The van der Waals surface area contributed by atoms with Gasteiger partial charge in [-0.3, -0.25) is 4.90 Å². The average molecular weight is 546 g/mol. The summed E-state index contributed by atoms with van der Waals surface area (Å²) >= 11 is 0. The van der Waals surface area contributed by atoms with Gasteiger partial charge in [0.1, 0.15) is 0 Å². The Bertz CT molecular complexity index is 1060. The molecular formula is C26H29F6N3O3. The van der Waals surface area contributed by atoms with Crippen LogP contribution >= 0.6 is 0 Å². The molecule has 2 heterocycles. The first-order valence-electron chi connectivity index (χ1n) is 12.3. The van der Waals surface area contributed by atoms with Crippen LogP contribution in [0.3, 0.4) is 0 Å². The second kappa shape index (κ2) is 11.1. The molecule has 3 N–H and O–H groups in total. The van der Waals surface area contributed by atoms with E-state index in [1.807, 2.05) is 24.3 Å². The quantitative estimate of drug-likeness (QED) is 0.430. The summed E-state index contributed by atoms with van der Waals surface area (Å²) in [5.74, 6) is 0.433. The monoisotopic (exact) mass is 545 g/mol. The number of nitrogens with zero attached hydrogens (tertiary/aromatic N) is 1. The first kappa shape index (κ1) is 28.2. The molecule has 4 rings (SSSR count). The fourth-order valence-electron chi connectivity index (χ4n) is 4.68. The number of anilines is 1. The lowest BCUT2D eigenvalue weighted by molar-refractivity contribution is -0.376. The van der Waals surface area contributed by atoms with Crippen molar-refractivity contribution in [3.63, 3.8) is 0 Å². The molecule has 0 unspecified atom stereocenters. The van der Waals surface area contributed by atoms with Gasteiger partial charge in [0.15, 0.2) is 0 Å². The zero-order valence-corrected chi connectivity index (χ0v) is 20.4. The average Bonchev–Trinajstić information content (AvgIpc) is 2.82. The Morgan fingerprint density at radius 2 is 1.45 bits per heavy atom. The van der Waals surface area contributed by atoms with Gasteiger partial charge in [-0.25, -0.2) is 4.79 Å². The lowest BCUT2D eigenvalue weighted by Crippen LogP contribution is -2.53. The smallest absolute Gasteiger partial charge is 0.377 e. The number of amides is 2. The van der Waals surface area contributed by atoms with E-state index < -0.39 is 23.5 Å². The minimum absolute atomic E-state index is 0.0447. The highest BCUT2D eigenvalue weighted by atomic mass is 19.4. The number of aliphatic hydroxyl groups is 1. The maximum absolute atomic E-state index is 13.1. The Morgan fingerprint density at radius 1 is 0.895 bits per heavy atom. The molecule has 2 fully saturated rings. The molecule has 0 spiro atoms. The van der Waals surface area contributed by atoms with Crippen LogP contribution in [0.5, 0.6) is 0 Å². The van der Waals surface area contributed by atoms with Crippen LogP contribution in [-0.2, 0) is 23.3 Å². The second-order valence-corrected chi connectivity index (χ2v) is 9.86. The van der Waals surface area contributed by atoms with Crippen LogP contribution < -0.4 is 10.6 Å². The third-order valence-corrected chi connectivity index (χ3v) is 7.02. The van der Waals surface area contributed by atoms with E-state index in [2.05, 4.69) is 15.5 Å². The van der Waals surface area contributed by atoms with Crippen molar-refractivity contribution < 1.29 is 41.0 Å². The Hall–Kier alpha value is -2.83. The topological polar surface area (TPSA) is 73.8 Å². The summed E-state index contributed by atoms with van der Waals surface area (Å²) in [5, 5.41) is 15.1. The van der Waals surface area contributed by atoms with Crippen LogP contribution in [0.15, 0.2) is 48.5 Å². The molecule has 12 heteroatoms. The molecule has 2 aromatic rings. The van der Waals surface area contributed by atoms with E-state index in [4.69, 9.17) is 4.74 Å². The number of likely N-dealkylation sites (tertiary alicyclic amines) is 1. The number of halogens is 6. The number of carbonyl (C=O) groups is 1. The highest BCUT2D eigenvalue weighted by Gasteiger charge is 2.71. The zero-order valence-electron chi connectivity index (χ0n) is 20.4. The minimum Gasteiger partial charge on any atom is -0.377 e. The van der Waals surface area contributed by atoms with Crippen LogP contribution in [-0.4, -0.2) is 60.7 Å². The first-order chi connectivity index (χ1) is 17.8. The van der Waals surface area contributed by atoms with Gasteiger partial charge in [0, 0.05) is 17.8 Å². The molecule has 38 heavy (non-hydrogen) atoms. The maximum atomic E-state index is 13.1. The number of ether oxygens (including phenoxy) is 1. The Kier molecular flexibility index (Phi) is 8.24. The second-order valence-electron chi connectivity index (χ2n) is 9.86. The number of hydrogen-bond acceptors (Lipinski definition) is 4. The largest absolute Gasteiger partial charge is 0.430 e. The lowest BCUT2D eigenvalue weighted by atomic mass is 9.89. The summed E-state index contributed by atoms with van der Waals surface area (Å²) in [6.45, 7) is 2.91. The number of urea groups is 1. The van der Waals surface area contributed by atoms with Crippen LogP contribution in [0.1, 0.15) is 29.5 Å². The van der Waals surface area contributed by atoms with Crippen LogP contribution in [0.2, 0.25) is 0 Å². The zero-order chi connectivity index (χ0) is 27.6. The Labute approximate surface area is 216 Å².